The van der Waals surface area contributed by atoms with Crippen molar-refractivity contribution in [2.24, 2.45) is 5.10 Å². The van der Waals surface area contributed by atoms with Gasteiger partial charge in [0, 0.05) is 5.56 Å². The number of nitrogens with one attached hydrogen (secondary N) is 1. The van der Waals surface area contributed by atoms with E-state index in [1.807, 2.05) is 42.5 Å². The van der Waals surface area contributed by atoms with Gasteiger partial charge >= 0.3 is 0 Å². The monoisotopic (exact) mass is 370 g/mol. The van der Waals surface area contributed by atoms with E-state index in [-0.39, 0.29) is 0 Å². The molecule has 7 nitrogen and oxygen atoms in total. The highest BCUT2D eigenvalue weighted by atomic mass is 32.1. The average molecular weight is 370 g/mol. The summed E-state index contributed by atoms with van der Waals surface area (Å²) in [6.45, 7) is 0. The quantitative estimate of drug-likeness (QED) is 0.531. The lowest BCUT2D eigenvalue weighted by Gasteiger charge is -2.07. The predicted octanol–water partition coefficient (Wildman–Crippen LogP) is 3.52. The highest BCUT2D eigenvalue weighted by Gasteiger charge is 2.09. The maximum Gasteiger partial charge on any atom is 0.216 e. The number of hydrogen-bond donors (Lipinski definition) is 1. The summed E-state index contributed by atoms with van der Waals surface area (Å²) in [6.07, 6.45) is 1.68. The van der Waals surface area contributed by atoms with Crippen LogP contribution in [0.4, 0.5) is 0 Å². The van der Waals surface area contributed by atoms with E-state index in [1.54, 1.807) is 32.2 Å². The Kier molecular flexibility index (Phi) is 5.33. The van der Waals surface area contributed by atoms with Gasteiger partial charge in [0.2, 0.25) is 4.77 Å². The van der Waals surface area contributed by atoms with E-state index in [1.165, 1.54) is 0 Å². The van der Waals surface area contributed by atoms with Crippen molar-refractivity contribution in [3.63, 3.8) is 0 Å². The number of nitrogens with zero attached hydrogens (tertiary/aromatic N) is 3. The molecule has 0 spiro atoms. The number of aromatic amines is 1. The SMILES string of the molecule is COc1cccc(-c2n[nH]c(=S)n2/N=C\c2ccc(OC)c(OC)c2)c1. The van der Waals surface area contributed by atoms with Gasteiger partial charge in [-0.25, -0.2) is 5.10 Å². The molecule has 1 heterocycles. The molecule has 0 amide bonds. The fourth-order valence-corrected chi connectivity index (χ4v) is 2.58. The highest BCUT2D eigenvalue weighted by Crippen LogP contribution is 2.27. The van der Waals surface area contributed by atoms with Crippen LogP contribution >= 0.6 is 12.2 Å². The molecule has 0 aliphatic carbocycles. The first-order valence-corrected chi connectivity index (χ1v) is 8.15. The van der Waals surface area contributed by atoms with Crippen molar-refractivity contribution in [1.82, 2.24) is 14.9 Å². The minimum absolute atomic E-state index is 0.388. The molecule has 0 saturated carbocycles. The zero-order valence-corrected chi connectivity index (χ0v) is 15.4. The van der Waals surface area contributed by atoms with E-state index in [2.05, 4.69) is 15.3 Å². The van der Waals surface area contributed by atoms with Crippen LogP contribution in [0.2, 0.25) is 0 Å². The summed E-state index contributed by atoms with van der Waals surface area (Å²) in [4.78, 5) is 0. The van der Waals surface area contributed by atoms with Crippen LogP contribution in [0.5, 0.6) is 17.2 Å². The van der Waals surface area contributed by atoms with Gasteiger partial charge in [0.15, 0.2) is 17.3 Å². The maximum absolute atomic E-state index is 5.31. The first-order valence-electron chi connectivity index (χ1n) is 7.74. The van der Waals surface area contributed by atoms with E-state index in [0.717, 1.165) is 16.9 Å². The molecule has 0 aliphatic heterocycles. The number of rotatable bonds is 6. The normalized spacial score (nSPS) is 10.9. The van der Waals surface area contributed by atoms with Crippen molar-refractivity contribution in [2.75, 3.05) is 21.3 Å². The lowest BCUT2D eigenvalue weighted by atomic mass is 10.2. The molecule has 3 rings (SSSR count). The van der Waals surface area contributed by atoms with E-state index in [4.69, 9.17) is 26.4 Å². The van der Waals surface area contributed by atoms with E-state index in [9.17, 15) is 0 Å². The molecule has 26 heavy (non-hydrogen) atoms. The fourth-order valence-electron chi connectivity index (χ4n) is 2.41. The number of benzene rings is 2. The first kappa shape index (κ1) is 17.7. The van der Waals surface area contributed by atoms with Crippen LogP contribution in [-0.4, -0.2) is 42.4 Å². The van der Waals surface area contributed by atoms with Gasteiger partial charge in [-0.15, -0.1) is 0 Å². The summed E-state index contributed by atoms with van der Waals surface area (Å²) in [5, 5.41) is 11.5. The molecule has 0 aliphatic rings. The van der Waals surface area contributed by atoms with Gasteiger partial charge < -0.3 is 14.2 Å². The van der Waals surface area contributed by atoms with E-state index < -0.39 is 0 Å². The Morgan fingerprint density at radius 3 is 2.58 bits per heavy atom. The van der Waals surface area contributed by atoms with Crippen LogP contribution in [0.25, 0.3) is 11.4 Å². The molecule has 0 atom stereocenters. The van der Waals surface area contributed by atoms with Gasteiger partial charge in [0.1, 0.15) is 5.75 Å². The molecular formula is C18H18N4O3S. The van der Waals surface area contributed by atoms with E-state index in [0.29, 0.717) is 22.1 Å². The van der Waals surface area contributed by atoms with Crippen LogP contribution in [0.1, 0.15) is 5.56 Å². The number of methoxy groups -OCH3 is 3. The number of H-pyrrole nitrogens is 1. The largest absolute Gasteiger partial charge is 0.497 e. The summed E-state index contributed by atoms with van der Waals surface area (Å²) >= 11 is 5.29. The second-order valence-corrected chi connectivity index (χ2v) is 5.64. The third-order valence-corrected chi connectivity index (χ3v) is 3.97. The Labute approximate surface area is 155 Å². The second kappa shape index (κ2) is 7.83. The number of aromatic nitrogens is 3. The molecule has 1 N–H and O–H groups in total. The smallest absolute Gasteiger partial charge is 0.216 e. The van der Waals surface area contributed by atoms with Gasteiger partial charge in [-0.2, -0.15) is 14.9 Å². The van der Waals surface area contributed by atoms with Crippen LogP contribution in [0.3, 0.4) is 0 Å². The van der Waals surface area contributed by atoms with Crippen molar-refractivity contribution in [1.29, 1.82) is 0 Å². The van der Waals surface area contributed by atoms with Gasteiger partial charge in [0.05, 0.1) is 27.5 Å². The topological polar surface area (TPSA) is 73.7 Å². The molecular weight excluding hydrogens is 352 g/mol. The van der Waals surface area contributed by atoms with Gasteiger partial charge in [-0.3, -0.25) is 0 Å². The number of hydrogen-bond acceptors (Lipinski definition) is 6. The first-order chi connectivity index (χ1) is 12.7. The minimum atomic E-state index is 0.388. The molecule has 0 saturated heterocycles. The number of ether oxygens (including phenoxy) is 3. The fraction of sp³-hybridized carbons (Fsp3) is 0.167. The molecule has 0 bridgehead atoms. The Balaban J connectivity index is 1.97. The molecule has 0 unspecified atom stereocenters. The zero-order chi connectivity index (χ0) is 18.5. The van der Waals surface area contributed by atoms with Gasteiger partial charge in [-0.1, -0.05) is 12.1 Å². The summed E-state index contributed by atoms with van der Waals surface area (Å²) in [5.41, 5.74) is 1.67. The molecule has 1 aromatic heterocycles. The highest BCUT2D eigenvalue weighted by molar-refractivity contribution is 7.71. The Morgan fingerprint density at radius 1 is 1.04 bits per heavy atom. The standard InChI is InChI=1S/C18H18N4O3S/c1-23-14-6-4-5-13(10-14)17-20-21-18(26)22(17)19-11-12-7-8-15(24-2)16(9-12)25-3/h4-11H,1-3H3,(H,21,26)/b19-11-. The van der Waals surface area contributed by atoms with Gasteiger partial charge in [-0.05, 0) is 48.1 Å². The summed E-state index contributed by atoms with van der Waals surface area (Å²) in [7, 11) is 4.80. The molecule has 3 aromatic rings. The van der Waals surface area contributed by atoms with Crippen molar-refractivity contribution >= 4 is 18.4 Å². The van der Waals surface area contributed by atoms with Crippen LogP contribution in [0.15, 0.2) is 47.6 Å². The summed E-state index contributed by atoms with van der Waals surface area (Å²) in [5.74, 6) is 2.60. The third-order valence-electron chi connectivity index (χ3n) is 3.71. The van der Waals surface area contributed by atoms with Crippen LogP contribution in [-0.2, 0) is 0 Å². The molecule has 134 valence electrons. The Hall–Kier alpha value is -3.13. The molecule has 0 fully saturated rings. The summed E-state index contributed by atoms with van der Waals surface area (Å²) in [6, 6.07) is 13.0. The minimum Gasteiger partial charge on any atom is -0.497 e. The Morgan fingerprint density at radius 2 is 1.85 bits per heavy atom. The molecule has 0 radical (unpaired) electrons. The van der Waals surface area contributed by atoms with Crippen molar-refractivity contribution in [3.8, 4) is 28.6 Å². The molecule has 8 heteroatoms. The summed E-state index contributed by atoms with van der Waals surface area (Å²) < 4.78 is 17.8. The zero-order valence-electron chi connectivity index (χ0n) is 14.6. The third kappa shape index (κ3) is 3.60. The van der Waals surface area contributed by atoms with Crippen molar-refractivity contribution < 1.29 is 14.2 Å². The lowest BCUT2D eigenvalue weighted by Crippen LogP contribution is -1.96. The van der Waals surface area contributed by atoms with Gasteiger partial charge in [0.25, 0.3) is 0 Å². The molecule has 2 aromatic carbocycles. The van der Waals surface area contributed by atoms with Crippen LogP contribution < -0.4 is 14.2 Å². The van der Waals surface area contributed by atoms with Crippen LogP contribution in [0, 0.1) is 4.77 Å². The predicted molar refractivity (Wildman–Crippen MR) is 102 cm³/mol. The van der Waals surface area contributed by atoms with E-state index >= 15 is 0 Å². The average Bonchev–Trinajstić information content (AvgIpc) is 3.06. The second-order valence-electron chi connectivity index (χ2n) is 5.26. The maximum atomic E-state index is 5.31. The van der Waals surface area contributed by atoms with Crippen molar-refractivity contribution in [2.45, 2.75) is 0 Å². The van der Waals surface area contributed by atoms with Crippen molar-refractivity contribution in [3.05, 3.63) is 52.8 Å². The lowest BCUT2D eigenvalue weighted by molar-refractivity contribution is 0.355. The Bertz CT molecular complexity index is 994.